The van der Waals surface area contributed by atoms with Gasteiger partial charge in [0.05, 0.1) is 0 Å². The number of alkyl halides is 3. The molecule has 1 fully saturated rings. The topological polar surface area (TPSA) is 46.2 Å². The van der Waals surface area contributed by atoms with Gasteiger partial charge in [-0.05, 0) is 30.9 Å². The highest BCUT2D eigenvalue weighted by Crippen LogP contribution is 2.42. The fourth-order valence-corrected chi connectivity index (χ4v) is 1.60. The molecule has 0 aromatic heterocycles. The third-order valence-electron chi connectivity index (χ3n) is 2.50. The van der Waals surface area contributed by atoms with Crippen molar-refractivity contribution in [1.82, 2.24) is 0 Å². The van der Waals surface area contributed by atoms with Crippen LogP contribution in [0, 0.1) is 17.8 Å². The first kappa shape index (κ1) is 9.51. The molecule has 1 aliphatic carbocycles. The van der Waals surface area contributed by atoms with Crippen LogP contribution in [0.4, 0.5) is 18.9 Å². The van der Waals surface area contributed by atoms with Gasteiger partial charge in [-0.2, -0.15) is 13.2 Å². The maximum Gasteiger partial charge on any atom is 0.433 e. The number of aliphatic hydroxyl groups is 1. The number of benzene rings is 1. The van der Waals surface area contributed by atoms with Crippen LogP contribution in [0.1, 0.15) is 23.8 Å². The number of anilines is 1. The minimum Gasteiger partial charge on any atom is -0.398 e. The summed E-state index contributed by atoms with van der Waals surface area (Å²) in [6.07, 6.45) is -10.0. The maximum absolute atomic E-state index is 13.3. The molecule has 0 saturated heterocycles. The minimum atomic E-state index is -5.24. The molecule has 102 valence electrons. The molecular formula is C13H11ClF3NO. The van der Waals surface area contributed by atoms with E-state index in [2.05, 4.69) is 0 Å². The van der Waals surface area contributed by atoms with E-state index in [9.17, 15) is 18.3 Å². The van der Waals surface area contributed by atoms with E-state index in [4.69, 9.17) is 22.8 Å². The SMILES string of the molecule is [2H]C1([2H])C(C#CC(O)(c2cc(Cl)ccc2N)C(F)(F)F)C1([2H])[2H]. The first-order valence-electron chi connectivity index (χ1n) is 7.12. The Hall–Kier alpha value is -1.38. The lowest BCUT2D eigenvalue weighted by Gasteiger charge is -2.27. The Morgan fingerprint density at radius 2 is 2.05 bits per heavy atom. The number of rotatable bonds is 1. The molecule has 2 nitrogen and oxygen atoms in total. The normalized spacial score (nSPS) is 26.8. The second kappa shape index (κ2) is 4.62. The van der Waals surface area contributed by atoms with Crippen LogP contribution in [0.3, 0.4) is 0 Å². The fourth-order valence-electron chi connectivity index (χ4n) is 1.42. The van der Waals surface area contributed by atoms with Gasteiger partial charge in [-0.1, -0.05) is 23.4 Å². The monoisotopic (exact) mass is 293 g/mol. The molecule has 6 heteroatoms. The van der Waals surface area contributed by atoms with Crippen molar-refractivity contribution in [1.29, 1.82) is 0 Å². The lowest BCUT2D eigenvalue weighted by atomic mass is 9.92. The molecular weight excluding hydrogens is 279 g/mol. The molecule has 0 aliphatic heterocycles. The fraction of sp³-hybridized carbons (Fsp3) is 0.385. The minimum absolute atomic E-state index is 0.101. The third kappa shape index (κ3) is 2.80. The summed E-state index contributed by atoms with van der Waals surface area (Å²) >= 11 is 5.64. The lowest BCUT2D eigenvalue weighted by molar-refractivity contribution is -0.240. The largest absolute Gasteiger partial charge is 0.433 e. The molecule has 1 unspecified atom stereocenters. The molecule has 0 radical (unpaired) electrons. The summed E-state index contributed by atoms with van der Waals surface area (Å²) in [5.41, 5.74) is 0.599. The van der Waals surface area contributed by atoms with Gasteiger partial charge >= 0.3 is 6.18 Å². The van der Waals surface area contributed by atoms with Crippen molar-refractivity contribution in [3.8, 4) is 11.8 Å². The summed E-state index contributed by atoms with van der Waals surface area (Å²) < 4.78 is 69.3. The van der Waals surface area contributed by atoms with Crippen LogP contribution in [0.2, 0.25) is 5.02 Å². The predicted octanol–water partition coefficient (Wildman–Crippen LogP) is 3.09. The molecule has 0 amide bonds. The molecule has 1 saturated carbocycles. The number of halogens is 4. The van der Waals surface area contributed by atoms with E-state index in [1.54, 1.807) is 5.92 Å². The van der Waals surface area contributed by atoms with Crippen molar-refractivity contribution in [2.45, 2.75) is 24.5 Å². The molecule has 1 atom stereocenters. The Morgan fingerprint density at radius 3 is 2.58 bits per heavy atom. The highest BCUT2D eigenvalue weighted by molar-refractivity contribution is 6.30. The van der Waals surface area contributed by atoms with Crippen molar-refractivity contribution >= 4 is 17.3 Å². The second-order valence-corrected chi connectivity index (χ2v) is 4.37. The zero-order chi connectivity index (χ0) is 17.8. The van der Waals surface area contributed by atoms with Crippen molar-refractivity contribution in [2.24, 2.45) is 5.92 Å². The zero-order valence-electron chi connectivity index (χ0n) is 13.3. The van der Waals surface area contributed by atoms with Crippen molar-refractivity contribution in [3.05, 3.63) is 28.8 Å². The molecule has 2 rings (SSSR count). The molecule has 19 heavy (non-hydrogen) atoms. The van der Waals surface area contributed by atoms with Crippen LogP contribution in [-0.4, -0.2) is 11.3 Å². The van der Waals surface area contributed by atoms with E-state index in [1.165, 1.54) is 6.07 Å². The number of hydrogen-bond acceptors (Lipinski definition) is 2. The molecule has 1 aliphatic rings. The molecule has 0 heterocycles. The smallest absolute Gasteiger partial charge is 0.398 e. The summed E-state index contributed by atoms with van der Waals surface area (Å²) in [5, 5.41) is 9.96. The van der Waals surface area contributed by atoms with Crippen LogP contribution in [0.15, 0.2) is 18.2 Å². The van der Waals surface area contributed by atoms with Gasteiger partial charge < -0.3 is 10.8 Å². The van der Waals surface area contributed by atoms with Crippen molar-refractivity contribution < 1.29 is 23.8 Å². The average molecular weight is 294 g/mol. The van der Waals surface area contributed by atoms with E-state index in [1.807, 2.05) is 5.92 Å². The molecule has 0 spiro atoms. The van der Waals surface area contributed by atoms with Gasteiger partial charge in [0, 0.05) is 27.7 Å². The van der Waals surface area contributed by atoms with Crippen molar-refractivity contribution in [3.63, 3.8) is 0 Å². The molecule has 1 aromatic carbocycles. The Labute approximate surface area is 119 Å². The molecule has 3 N–H and O–H groups in total. The summed E-state index contributed by atoms with van der Waals surface area (Å²) in [5.74, 6) is 1.84. The van der Waals surface area contributed by atoms with Gasteiger partial charge in [0.2, 0.25) is 5.60 Å². The van der Waals surface area contributed by atoms with E-state index in [0.717, 1.165) is 12.1 Å². The van der Waals surface area contributed by atoms with Crippen LogP contribution < -0.4 is 5.73 Å². The van der Waals surface area contributed by atoms with E-state index in [-0.39, 0.29) is 5.02 Å². The van der Waals surface area contributed by atoms with E-state index >= 15 is 0 Å². The van der Waals surface area contributed by atoms with Gasteiger partial charge in [-0.3, -0.25) is 0 Å². The quantitative estimate of drug-likeness (QED) is 0.617. The predicted molar refractivity (Wildman–Crippen MR) is 66.3 cm³/mol. The second-order valence-electron chi connectivity index (χ2n) is 3.93. The van der Waals surface area contributed by atoms with E-state index in [0.29, 0.717) is 0 Å². The van der Waals surface area contributed by atoms with Crippen LogP contribution in [-0.2, 0) is 5.60 Å². The molecule has 1 aromatic rings. The summed E-state index contributed by atoms with van der Waals surface area (Å²) in [7, 11) is 0. The number of nitrogen functional groups attached to an aromatic ring is 1. The highest BCUT2D eigenvalue weighted by Gasteiger charge is 2.55. The Morgan fingerprint density at radius 1 is 1.42 bits per heavy atom. The number of nitrogens with two attached hydrogens (primary N) is 1. The number of hydrogen-bond donors (Lipinski definition) is 2. The third-order valence-corrected chi connectivity index (χ3v) is 2.74. The average Bonchev–Trinajstić information content (AvgIpc) is 2.78. The Balaban J connectivity index is 2.54. The van der Waals surface area contributed by atoms with Gasteiger partial charge in [0.15, 0.2) is 0 Å². The summed E-state index contributed by atoms with van der Waals surface area (Å²) in [6, 6.07) is 3.13. The molecule has 0 bridgehead atoms. The summed E-state index contributed by atoms with van der Waals surface area (Å²) in [6.45, 7) is 0. The van der Waals surface area contributed by atoms with Gasteiger partial charge in [-0.15, -0.1) is 0 Å². The Kier molecular flexibility index (Phi) is 2.31. The first-order chi connectivity index (χ1) is 10.2. The van der Waals surface area contributed by atoms with E-state index < -0.39 is 41.7 Å². The van der Waals surface area contributed by atoms with Crippen LogP contribution >= 0.6 is 11.6 Å². The standard InChI is InChI=1S/C13H11ClF3NO/c14-9-3-4-11(18)10(7-9)12(19,13(15,16)17)6-5-8-1-2-8/h3-4,7-8,19H,1-2,18H2/i1D2,2D2. The Bertz CT molecular complexity index is 699. The first-order valence-corrected chi connectivity index (χ1v) is 5.50. The zero-order valence-corrected chi connectivity index (χ0v) is 10.1. The highest BCUT2D eigenvalue weighted by atomic mass is 35.5. The van der Waals surface area contributed by atoms with Crippen LogP contribution in [0.5, 0.6) is 0 Å². The van der Waals surface area contributed by atoms with Gasteiger partial charge in [-0.25, -0.2) is 0 Å². The summed E-state index contributed by atoms with van der Waals surface area (Å²) in [4.78, 5) is 0. The maximum atomic E-state index is 13.3. The van der Waals surface area contributed by atoms with Gasteiger partial charge in [0.1, 0.15) is 0 Å². The van der Waals surface area contributed by atoms with Gasteiger partial charge in [0.25, 0.3) is 0 Å². The van der Waals surface area contributed by atoms with Crippen molar-refractivity contribution in [2.75, 3.05) is 5.73 Å². The van der Waals surface area contributed by atoms with Crippen LogP contribution in [0.25, 0.3) is 0 Å². The lowest BCUT2D eigenvalue weighted by Crippen LogP contribution is -2.41.